The predicted octanol–water partition coefficient (Wildman–Crippen LogP) is 6.92. The van der Waals surface area contributed by atoms with E-state index in [1.54, 1.807) is 0 Å². The first-order valence-corrected chi connectivity index (χ1v) is 18.8. The summed E-state index contributed by atoms with van der Waals surface area (Å²) < 4.78 is 3.34. The molecule has 4 rings (SSSR count). The van der Waals surface area contributed by atoms with Gasteiger partial charge in [0.1, 0.15) is 0 Å². The molecular formula is C25H32Si2Zr. The van der Waals surface area contributed by atoms with Crippen LogP contribution in [-0.4, -0.2) is 20.4 Å². The Hall–Kier alpha value is -0.893. The van der Waals surface area contributed by atoms with E-state index in [-0.39, 0.29) is 0 Å². The van der Waals surface area contributed by atoms with Crippen molar-refractivity contribution in [2.75, 3.05) is 0 Å². The van der Waals surface area contributed by atoms with Gasteiger partial charge in [0.15, 0.2) is 0 Å². The molecule has 0 aliphatic heterocycles. The van der Waals surface area contributed by atoms with Crippen LogP contribution in [-0.2, 0) is 24.2 Å². The molecule has 28 heavy (non-hydrogen) atoms. The molecule has 0 N–H and O–H groups in total. The Bertz CT molecular complexity index is 782. The van der Waals surface area contributed by atoms with E-state index in [9.17, 15) is 0 Å². The van der Waals surface area contributed by atoms with Crippen molar-refractivity contribution in [3.63, 3.8) is 0 Å². The van der Waals surface area contributed by atoms with Crippen molar-refractivity contribution >= 4 is 32.5 Å². The normalized spacial score (nSPS) is 19.1. The molecule has 0 amide bonds. The van der Waals surface area contributed by atoms with Crippen LogP contribution >= 0.6 is 0 Å². The zero-order valence-electron chi connectivity index (χ0n) is 18.1. The Morgan fingerprint density at radius 1 is 0.643 bits per heavy atom. The quantitative estimate of drug-likeness (QED) is 0.324. The second-order valence-corrected chi connectivity index (χ2v) is 20.1. The molecule has 0 fully saturated rings. The second kappa shape index (κ2) is 9.74. The Labute approximate surface area is 189 Å². The summed E-state index contributed by atoms with van der Waals surface area (Å²) in [4.78, 5) is 0. The van der Waals surface area contributed by atoms with Crippen molar-refractivity contribution in [1.82, 2.24) is 0 Å². The molecule has 3 heteroatoms. The fraction of sp³-hybridized carbons (Fsp3) is 0.320. The van der Waals surface area contributed by atoms with Crippen molar-refractivity contribution in [2.24, 2.45) is 0 Å². The molecule has 0 saturated carbocycles. The van der Waals surface area contributed by atoms with Gasteiger partial charge >= 0.3 is 28.4 Å². The van der Waals surface area contributed by atoms with E-state index < -0.39 is 16.1 Å². The molecule has 0 heterocycles. The van der Waals surface area contributed by atoms with Crippen LogP contribution in [0.2, 0.25) is 39.3 Å². The zero-order valence-corrected chi connectivity index (χ0v) is 22.6. The van der Waals surface area contributed by atoms with E-state index in [1.807, 2.05) is 0 Å². The Morgan fingerprint density at radius 2 is 0.964 bits per heavy atom. The maximum atomic E-state index is 3.50. The number of hydrogen-bond donors (Lipinski definition) is 0. The summed E-state index contributed by atoms with van der Waals surface area (Å²) in [6, 6.07) is 17.3. The van der Waals surface area contributed by atoms with Gasteiger partial charge in [-0.05, 0) is 0 Å². The summed E-state index contributed by atoms with van der Waals surface area (Å²) in [6.45, 7) is 14.4. The number of fused-ring (bicyclic) bond motifs is 2. The molecular weight excluding hydrogens is 448 g/mol. The predicted molar refractivity (Wildman–Crippen MR) is 128 cm³/mol. The van der Waals surface area contributed by atoms with E-state index in [4.69, 9.17) is 0 Å². The summed E-state index contributed by atoms with van der Waals surface area (Å²) in [5.74, 6) is 0. The average Bonchev–Trinajstić information content (AvgIpc) is 3.27. The van der Waals surface area contributed by atoms with Crippen LogP contribution < -0.4 is 0 Å². The van der Waals surface area contributed by atoms with Crippen LogP contribution in [0.1, 0.15) is 33.3 Å². The first-order chi connectivity index (χ1) is 13.2. The molecule has 0 radical (unpaired) electrons. The van der Waals surface area contributed by atoms with Crippen molar-refractivity contribution in [1.29, 1.82) is 0 Å². The fourth-order valence-corrected chi connectivity index (χ4v) is 7.33. The van der Waals surface area contributed by atoms with Gasteiger partial charge in [0, 0.05) is 16.1 Å². The van der Waals surface area contributed by atoms with Crippen molar-refractivity contribution in [2.45, 2.75) is 50.4 Å². The first kappa shape index (κ1) is 23.4. The molecule has 2 aromatic carbocycles. The van der Waals surface area contributed by atoms with Crippen molar-refractivity contribution < 1.29 is 24.2 Å². The number of hydrogen-bond acceptors (Lipinski definition) is 0. The van der Waals surface area contributed by atoms with Gasteiger partial charge in [-0.15, -0.1) is 23.3 Å². The van der Waals surface area contributed by atoms with Gasteiger partial charge in [-0.25, -0.2) is 12.2 Å². The minimum atomic E-state index is -1.12. The summed E-state index contributed by atoms with van der Waals surface area (Å²) in [7, 11) is -2.24. The van der Waals surface area contributed by atoms with Gasteiger partial charge in [0.05, 0.1) is 0 Å². The molecule has 0 spiro atoms. The van der Waals surface area contributed by atoms with Gasteiger partial charge in [-0.2, -0.15) is 11.1 Å². The van der Waals surface area contributed by atoms with E-state index in [2.05, 4.69) is 116 Å². The minimum absolute atomic E-state index is 0.601. The molecule has 2 unspecified atom stereocenters. The second-order valence-electron chi connectivity index (χ2n) is 9.48. The van der Waals surface area contributed by atoms with E-state index >= 15 is 0 Å². The van der Waals surface area contributed by atoms with Gasteiger partial charge < -0.3 is 0 Å². The molecule has 0 saturated heterocycles. The number of benzene rings is 2. The van der Waals surface area contributed by atoms with Crippen LogP contribution in [0.5, 0.6) is 0 Å². The molecule has 2 aliphatic rings. The summed E-state index contributed by atoms with van der Waals surface area (Å²) in [6.07, 6.45) is 11.3. The van der Waals surface area contributed by atoms with Crippen LogP contribution in [0.15, 0.2) is 48.5 Å². The summed E-state index contributed by atoms with van der Waals surface area (Å²) in [5, 5.41) is 0. The average molecular weight is 480 g/mol. The van der Waals surface area contributed by atoms with Gasteiger partial charge in [0.25, 0.3) is 0 Å². The Kier molecular flexibility index (Phi) is 8.13. The van der Waals surface area contributed by atoms with Gasteiger partial charge in [-0.1, -0.05) is 86.8 Å². The SMILES string of the molecule is C[Si](C)(C)C1[C-]=Cc2ccccc21.C[Si](C)(C)C1[C-]=Cc2ccccc21.[CH2]=[Zr+2]. The molecule has 0 bridgehead atoms. The molecule has 2 aromatic rings. The van der Waals surface area contributed by atoms with Gasteiger partial charge in [0.2, 0.25) is 0 Å². The molecule has 2 atom stereocenters. The number of allylic oxidation sites excluding steroid dienone is 2. The molecule has 2 aliphatic carbocycles. The fourth-order valence-electron chi connectivity index (χ4n) is 3.77. The van der Waals surface area contributed by atoms with Crippen molar-refractivity contribution in [3.8, 4) is 0 Å². The first-order valence-electron chi connectivity index (χ1n) is 9.90. The molecule has 0 aromatic heterocycles. The number of rotatable bonds is 2. The molecule has 0 nitrogen and oxygen atoms in total. The van der Waals surface area contributed by atoms with Crippen molar-refractivity contribution in [3.05, 3.63) is 82.9 Å². The third kappa shape index (κ3) is 5.59. The van der Waals surface area contributed by atoms with Crippen LogP contribution in [0.25, 0.3) is 12.2 Å². The third-order valence-electron chi connectivity index (χ3n) is 5.16. The Morgan fingerprint density at radius 3 is 1.29 bits per heavy atom. The topological polar surface area (TPSA) is 0 Å². The third-order valence-corrected chi connectivity index (χ3v) is 9.58. The van der Waals surface area contributed by atoms with Crippen LogP contribution in [0.3, 0.4) is 0 Å². The monoisotopic (exact) mass is 478 g/mol. The van der Waals surface area contributed by atoms with E-state index in [1.165, 1.54) is 46.5 Å². The summed E-state index contributed by atoms with van der Waals surface area (Å²) >= 11 is 1.30. The van der Waals surface area contributed by atoms with Crippen LogP contribution in [0, 0.1) is 12.2 Å². The summed E-state index contributed by atoms with van der Waals surface area (Å²) in [5.41, 5.74) is 6.92. The van der Waals surface area contributed by atoms with E-state index in [0.29, 0.717) is 11.1 Å². The Balaban J connectivity index is 0.000000184. The van der Waals surface area contributed by atoms with E-state index in [0.717, 1.165) is 0 Å². The van der Waals surface area contributed by atoms with Gasteiger partial charge in [-0.3, -0.25) is 12.2 Å². The maximum absolute atomic E-state index is 3.50. The zero-order chi connectivity index (χ0) is 20.9. The standard InChI is InChI=1S/2C12H15Si.CH2.Zr/c2*1-13(2,3)12-9-8-10-6-4-5-7-11(10)12;;/h2*4-8,12H,1-3H3;1H2;/q2*-1;;+2. The molecule has 144 valence electrons. The van der Waals surface area contributed by atoms with Crippen LogP contribution in [0.4, 0.5) is 0 Å².